The quantitative estimate of drug-likeness (QED) is 0.690. The lowest BCUT2D eigenvalue weighted by atomic mass is 9.85. The normalized spacial score (nSPS) is 25.9. The van der Waals surface area contributed by atoms with Crippen molar-refractivity contribution in [1.29, 1.82) is 0 Å². The number of aryl methyl sites for hydroxylation is 2. The first-order chi connectivity index (χ1) is 12.9. The molecule has 1 fully saturated rings. The number of aromatic nitrogens is 2. The minimum atomic E-state index is -2.81. The summed E-state index contributed by atoms with van der Waals surface area (Å²) in [5, 5.41) is 3.74. The lowest BCUT2D eigenvalue weighted by molar-refractivity contribution is -0.0415. The van der Waals surface area contributed by atoms with Crippen molar-refractivity contribution >= 4 is 5.97 Å². The van der Waals surface area contributed by atoms with Gasteiger partial charge in [0, 0.05) is 19.2 Å². The van der Waals surface area contributed by atoms with Crippen molar-refractivity contribution in [2.24, 2.45) is 13.0 Å². The van der Waals surface area contributed by atoms with E-state index in [9.17, 15) is 13.6 Å². The number of rotatable bonds is 5. The van der Waals surface area contributed by atoms with Gasteiger partial charge < -0.3 is 4.74 Å². The highest BCUT2D eigenvalue weighted by Gasteiger charge is 2.59. The average Bonchev–Trinajstić information content (AvgIpc) is 3.24. The van der Waals surface area contributed by atoms with Crippen LogP contribution >= 0.6 is 0 Å². The second-order valence-corrected chi connectivity index (χ2v) is 7.81. The minimum Gasteiger partial charge on any atom is -0.450 e. The summed E-state index contributed by atoms with van der Waals surface area (Å²) < 4.78 is 34.0. The number of halogens is 2. The fourth-order valence-electron chi connectivity index (χ4n) is 5.12. The number of fused-ring (bicyclic) bond motifs is 5. The Kier molecular flexibility index (Phi) is 4.32. The van der Waals surface area contributed by atoms with Gasteiger partial charge in [0.2, 0.25) is 0 Å². The zero-order valence-electron chi connectivity index (χ0n) is 15.8. The van der Waals surface area contributed by atoms with Gasteiger partial charge in [-0.1, -0.05) is 37.1 Å². The van der Waals surface area contributed by atoms with E-state index in [0.29, 0.717) is 5.92 Å². The van der Waals surface area contributed by atoms with E-state index in [0.717, 1.165) is 36.8 Å². The number of nitrogens with zero attached hydrogens (tertiary/aromatic N) is 2. The molecule has 0 amide bonds. The third-order valence-electron chi connectivity index (χ3n) is 6.13. The molecule has 2 aliphatic carbocycles. The molecule has 3 unspecified atom stereocenters. The predicted octanol–water partition coefficient (Wildman–Crippen LogP) is 5.03. The van der Waals surface area contributed by atoms with Gasteiger partial charge in [-0.05, 0) is 43.2 Å². The van der Waals surface area contributed by atoms with Gasteiger partial charge in [0.05, 0.1) is 0 Å². The van der Waals surface area contributed by atoms with Crippen LogP contribution in [-0.4, -0.2) is 15.7 Å². The first-order valence-electron chi connectivity index (χ1n) is 9.53. The second-order valence-electron chi connectivity index (χ2n) is 7.81. The molecule has 1 aromatic heterocycles. The molecule has 27 heavy (non-hydrogen) atoms. The Morgan fingerprint density at radius 2 is 2.22 bits per heavy atom. The Morgan fingerprint density at radius 1 is 1.44 bits per heavy atom. The lowest BCUT2D eigenvalue weighted by Crippen LogP contribution is -2.34. The SMILES string of the molecule is CCCC1C2CCC1(OC(=O)c1cn(C)nc1C(F)F)c1cc(C)ccc12. The zero-order chi connectivity index (χ0) is 19.3. The third-order valence-corrected chi connectivity index (χ3v) is 6.13. The molecule has 1 heterocycles. The van der Waals surface area contributed by atoms with E-state index in [-0.39, 0.29) is 11.5 Å². The van der Waals surface area contributed by atoms with Crippen LogP contribution in [-0.2, 0) is 17.4 Å². The van der Waals surface area contributed by atoms with Crippen molar-refractivity contribution in [1.82, 2.24) is 9.78 Å². The number of carbonyl (C=O) groups excluding carboxylic acids is 1. The molecule has 2 bridgehead atoms. The van der Waals surface area contributed by atoms with Crippen LogP contribution in [0.4, 0.5) is 8.78 Å². The van der Waals surface area contributed by atoms with Crippen LogP contribution in [0.1, 0.15) is 77.7 Å². The van der Waals surface area contributed by atoms with Crippen molar-refractivity contribution in [3.63, 3.8) is 0 Å². The molecular formula is C21H24F2N2O2. The molecule has 2 aliphatic rings. The number of hydrogen-bond acceptors (Lipinski definition) is 3. The molecule has 1 aromatic carbocycles. The molecule has 6 heteroatoms. The van der Waals surface area contributed by atoms with Crippen LogP contribution in [0.2, 0.25) is 0 Å². The molecule has 2 aromatic rings. The van der Waals surface area contributed by atoms with E-state index in [1.54, 1.807) is 0 Å². The Bertz CT molecular complexity index is 892. The summed E-state index contributed by atoms with van der Waals surface area (Å²) in [5.74, 6) is -0.124. The summed E-state index contributed by atoms with van der Waals surface area (Å²) in [5.41, 5.74) is 2.06. The molecule has 3 atom stereocenters. The summed E-state index contributed by atoms with van der Waals surface area (Å²) in [6.07, 6.45) is 2.15. The van der Waals surface area contributed by atoms with E-state index in [1.807, 2.05) is 6.92 Å². The highest BCUT2D eigenvalue weighted by molar-refractivity contribution is 5.91. The van der Waals surface area contributed by atoms with Gasteiger partial charge in [-0.25, -0.2) is 13.6 Å². The van der Waals surface area contributed by atoms with E-state index < -0.39 is 23.7 Å². The summed E-state index contributed by atoms with van der Waals surface area (Å²) in [6.45, 7) is 4.14. The van der Waals surface area contributed by atoms with Crippen molar-refractivity contribution in [3.05, 3.63) is 52.3 Å². The maximum absolute atomic E-state index is 13.3. The maximum Gasteiger partial charge on any atom is 0.342 e. The highest BCUT2D eigenvalue weighted by Crippen LogP contribution is 2.63. The fraction of sp³-hybridized carbons (Fsp3) is 0.524. The second kappa shape index (κ2) is 6.43. The van der Waals surface area contributed by atoms with Gasteiger partial charge in [0.15, 0.2) is 0 Å². The van der Waals surface area contributed by atoms with E-state index in [4.69, 9.17) is 4.74 Å². The molecule has 0 saturated heterocycles. The topological polar surface area (TPSA) is 44.1 Å². The Balaban J connectivity index is 1.75. The third kappa shape index (κ3) is 2.68. The number of esters is 1. The molecular weight excluding hydrogens is 350 g/mol. The molecule has 0 aliphatic heterocycles. The van der Waals surface area contributed by atoms with Crippen LogP contribution < -0.4 is 0 Å². The average molecular weight is 374 g/mol. The van der Waals surface area contributed by atoms with E-state index >= 15 is 0 Å². The number of carbonyl (C=O) groups is 1. The lowest BCUT2D eigenvalue weighted by Gasteiger charge is -2.33. The van der Waals surface area contributed by atoms with Crippen molar-refractivity contribution in [3.8, 4) is 0 Å². The summed E-state index contributed by atoms with van der Waals surface area (Å²) in [4.78, 5) is 13.0. The monoisotopic (exact) mass is 374 g/mol. The van der Waals surface area contributed by atoms with Gasteiger partial charge in [-0.3, -0.25) is 4.68 Å². The maximum atomic E-state index is 13.3. The van der Waals surface area contributed by atoms with Crippen LogP contribution in [0.15, 0.2) is 24.4 Å². The van der Waals surface area contributed by atoms with Gasteiger partial charge in [0.25, 0.3) is 6.43 Å². The molecule has 1 saturated carbocycles. The first kappa shape index (κ1) is 18.1. The van der Waals surface area contributed by atoms with Gasteiger partial charge in [-0.2, -0.15) is 5.10 Å². The number of alkyl halides is 2. The molecule has 4 nitrogen and oxygen atoms in total. The van der Waals surface area contributed by atoms with Gasteiger partial charge >= 0.3 is 5.97 Å². The number of ether oxygens (including phenoxy) is 1. The smallest absolute Gasteiger partial charge is 0.342 e. The molecule has 0 radical (unpaired) electrons. The summed E-state index contributed by atoms with van der Waals surface area (Å²) >= 11 is 0. The largest absolute Gasteiger partial charge is 0.450 e. The van der Waals surface area contributed by atoms with Crippen LogP contribution in [0.25, 0.3) is 0 Å². The summed E-state index contributed by atoms with van der Waals surface area (Å²) in [6, 6.07) is 6.33. The summed E-state index contributed by atoms with van der Waals surface area (Å²) in [7, 11) is 1.53. The van der Waals surface area contributed by atoms with Crippen molar-refractivity contribution < 1.29 is 18.3 Å². The van der Waals surface area contributed by atoms with E-state index in [1.165, 1.54) is 23.5 Å². The van der Waals surface area contributed by atoms with Crippen LogP contribution in [0, 0.1) is 12.8 Å². The fourth-order valence-corrected chi connectivity index (χ4v) is 5.12. The molecule has 144 valence electrons. The Hall–Kier alpha value is -2.24. The predicted molar refractivity (Wildman–Crippen MR) is 96.8 cm³/mol. The van der Waals surface area contributed by atoms with Crippen LogP contribution in [0.5, 0.6) is 0 Å². The number of benzene rings is 1. The van der Waals surface area contributed by atoms with Gasteiger partial charge in [-0.15, -0.1) is 0 Å². The van der Waals surface area contributed by atoms with Crippen molar-refractivity contribution in [2.75, 3.05) is 0 Å². The first-order valence-corrected chi connectivity index (χ1v) is 9.53. The van der Waals surface area contributed by atoms with Crippen molar-refractivity contribution in [2.45, 2.75) is 57.5 Å². The number of hydrogen-bond donors (Lipinski definition) is 0. The minimum absolute atomic E-state index is 0.137. The van der Waals surface area contributed by atoms with E-state index in [2.05, 4.69) is 30.2 Å². The van der Waals surface area contributed by atoms with Gasteiger partial charge in [0.1, 0.15) is 16.9 Å². The highest BCUT2D eigenvalue weighted by atomic mass is 19.3. The molecule has 0 spiro atoms. The standard InChI is InChI=1S/C21H24F2N2O2/c1-4-5-16-14-8-9-21(16,17-10-12(2)6-7-13(14)17)27-20(26)15-11-25(3)24-18(15)19(22)23/h6-7,10-11,14,16,19H,4-5,8-9H2,1-3H3. The molecule has 4 rings (SSSR count). The molecule has 0 N–H and O–H groups in total. The Labute approximate surface area is 157 Å². The van der Waals surface area contributed by atoms with Crippen LogP contribution in [0.3, 0.4) is 0 Å². The zero-order valence-corrected chi connectivity index (χ0v) is 15.8. The Morgan fingerprint density at radius 3 is 2.93 bits per heavy atom.